The molecular formula is C22H19Cl3N2O3S. The van der Waals surface area contributed by atoms with E-state index in [9.17, 15) is 13.2 Å². The second kappa shape index (κ2) is 10.0. The smallest absolute Gasteiger partial charge is 0.243 e. The van der Waals surface area contributed by atoms with E-state index >= 15 is 0 Å². The highest BCUT2D eigenvalue weighted by Gasteiger charge is 2.27. The fourth-order valence-corrected chi connectivity index (χ4v) is 4.84. The average molecular weight is 498 g/mol. The van der Waals surface area contributed by atoms with Crippen molar-refractivity contribution in [1.82, 2.24) is 4.31 Å². The Balaban J connectivity index is 1.90. The molecule has 3 aromatic rings. The van der Waals surface area contributed by atoms with Crippen LogP contribution in [0.1, 0.15) is 11.1 Å². The minimum atomic E-state index is -3.99. The first-order valence-electron chi connectivity index (χ1n) is 9.22. The van der Waals surface area contributed by atoms with Crippen LogP contribution in [0, 0.1) is 6.92 Å². The standard InChI is InChI=1S/C22H19Cl3N2O3S/c1-15-5-7-16(8-6-15)13-27(31(29,30)18-11-9-17(23)10-12-18)14-21(28)26-22-19(24)3-2-4-20(22)25/h2-12H,13-14H2,1H3,(H,26,28). The number of aryl methyl sites for hydroxylation is 1. The molecule has 0 spiro atoms. The zero-order valence-corrected chi connectivity index (χ0v) is 19.6. The van der Waals surface area contributed by atoms with Gasteiger partial charge in [0.15, 0.2) is 0 Å². The number of nitrogens with zero attached hydrogens (tertiary/aromatic N) is 1. The first-order valence-corrected chi connectivity index (χ1v) is 11.8. The Bertz CT molecular complexity index is 1160. The Morgan fingerprint density at radius 3 is 2.06 bits per heavy atom. The van der Waals surface area contributed by atoms with E-state index in [1.165, 1.54) is 24.3 Å². The lowest BCUT2D eigenvalue weighted by Gasteiger charge is -2.22. The molecule has 9 heteroatoms. The summed E-state index contributed by atoms with van der Waals surface area (Å²) in [5, 5.41) is 3.53. The second-order valence-corrected chi connectivity index (χ2v) is 10.0. The molecule has 0 saturated heterocycles. The molecule has 0 aliphatic rings. The van der Waals surface area contributed by atoms with Crippen molar-refractivity contribution in [2.45, 2.75) is 18.4 Å². The van der Waals surface area contributed by atoms with Crippen LogP contribution in [0.5, 0.6) is 0 Å². The summed E-state index contributed by atoms with van der Waals surface area (Å²) in [6.45, 7) is 1.52. The van der Waals surface area contributed by atoms with E-state index in [1.54, 1.807) is 18.2 Å². The first-order chi connectivity index (χ1) is 14.7. The Kier molecular flexibility index (Phi) is 7.62. The van der Waals surface area contributed by atoms with Gasteiger partial charge in [-0.1, -0.05) is 70.7 Å². The fourth-order valence-electron chi connectivity index (χ4n) is 2.83. The predicted molar refractivity (Wildman–Crippen MR) is 125 cm³/mol. The van der Waals surface area contributed by atoms with E-state index in [2.05, 4.69) is 5.32 Å². The number of carbonyl (C=O) groups excluding carboxylic acids is 1. The zero-order valence-electron chi connectivity index (χ0n) is 16.5. The first kappa shape index (κ1) is 23.6. The molecule has 0 bridgehead atoms. The molecule has 1 N–H and O–H groups in total. The number of hydrogen-bond acceptors (Lipinski definition) is 3. The number of amides is 1. The molecule has 0 aromatic heterocycles. The van der Waals surface area contributed by atoms with Gasteiger partial charge in [-0.15, -0.1) is 0 Å². The van der Waals surface area contributed by atoms with Gasteiger partial charge in [0.05, 0.1) is 27.2 Å². The van der Waals surface area contributed by atoms with Gasteiger partial charge >= 0.3 is 0 Å². The molecule has 0 aliphatic carbocycles. The van der Waals surface area contributed by atoms with Crippen LogP contribution in [0.2, 0.25) is 15.1 Å². The van der Waals surface area contributed by atoms with Gasteiger partial charge in [0.1, 0.15) is 0 Å². The SMILES string of the molecule is Cc1ccc(CN(CC(=O)Nc2c(Cl)cccc2Cl)S(=O)(=O)c2ccc(Cl)cc2)cc1. The second-order valence-electron chi connectivity index (χ2n) is 6.86. The predicted octanol–water partition coefficient (Wildman–Crippen LogP) is 5.78. The third kappa shape index (κ3) is 5.99. The lowest BCUT2D eigenvalue weighted by molar-refractivity contribution is -0.116. The van der Waals surface area contributed by atoms with Gasteiger partial charge in [-0.25, -0.2) is 8.42 Å². The average Bonchev–Trinajstić information content (AvgIpc) is 2.72. The van der Waals surface area contributed by atoms with E-state index in [0.29, 0.717) is 5.02 Å². The van der Waals surface area contributed by atoms with Gasteiger partial charge in [0.2, 0.25) is 15.9 Å². The lowest BCUT2D eigenvalue weighted by Crippen LogP contribution is -2.37. The van der Waals surface area contributed by atoms with Crippen molar-refractivity contribution in [2.24, 2.45) is 0 Å². The van der Waals surface area contributed by atoms with Crippen molar-refractivity contribution in [1.29, 1.82) is 0 Å². The molecule has 5 nitrogen and oxygen atoms in total. The highest BCUT2D eigenvalue weighted by atomic mass is 35.5. The number of rotatable bonds is 7. The van der Waals surface area contributed by atoms with E-state index in [1.807, 2.05) is 31.2 Å². The quantitative estimate of drug-likeness (QED) is 0.449. The van der Waals surface area contributed by atoms with E-state index in [4.69, 9.17) is 34.8 Å². The number of hydrogen-bond donors (Lipinski definition) is 1. The Hall–Kier alpha value is -2.09. The van der Waals surface area contributed by atoms with Gasteiger partial charge in [-0.2, -0.15) is 4.31 Å². The number of nitrogens with one attached hydrogen (secondary N) is 1. The van der Waals surface area contributed by atoms with Crippen LogP contribution >= 0.6 is 34.8 Å². The minimum absolute atomic E-state index is 0.00884. The minimum Gasteiger partial charge on any atom is -0.322 e. The summed E-state index contributed by atoms with van der Waals surface area (Å²) in [6, 6.07) is 18.0. The van der Waals surface area contributed by atoms with Gasteiger partial charge in [0, 0.05) is 11.6 Å². The lowest BCUT2D eigenvalue weighted by atomic mass is 10.1. The van der Waals surface area contributed by atoms with Crippen molar-refractivity contribution in [3.05, 3.63) is 92.9 Å². The van der Waals surface area contributed by atoms with Crippen LogP contribution in [0.15, 0.2) is 71.6 Å². The maximum Gasteiger partial charge on any atom is 0.243 e. The van der Waals surface area contributed by atoms with Gasteiger partial charge in [-0.3, -0.25) is 4.79 Å². The molecule has 0 unspecified atom stereocenters. The van der Waals surface area contributed by atoms with Crippen LogP contribution in [0.3, 0.4) is 0 Å². The van der Waals surface area contributed by atoms with Crippen molar-refractivity contribution in [3.8, 4) is 0 Å². The summed E-state index contributed by atoms with van der Waals surface area (Å²) in [6.07, 6.45) is 0. The van der Waals surface area contributed by atoms with Gasteiger partial charge in [0.25, 0.3) is 0 Å². The van der Waals surface area contributed by atoms with Crippen LogP contribution in [-0.4, -0.2) is 25.2 Å². The van der Waals surface area contributed by atoms with Crippen molar-refractivity contribution < 1.29 is 13.2 Å². The Morgan fingerprint density at radius 2 is 1.48 bits per heavy atom. The van der Waals surface area contributed by atoms with Crippen molar-refractivity contribution >= 4 is 56.4 Å². The Labute approximate surface area is 196 Å². The number of benzene rings is 3. The molecule has 31 heavy (non-hydrogen) atoms. The molecule has 0 heterocycles. The largest absolute Gasteiger partial charge is 0.322 e. The summed E-state index contributed by atoms with van der Waals surface area (Å²) < 4.78 is 27.7. The molecule has 3 aromatic carbocycles. The molecule has 0 fully saturated rings. The fraction of sp³-hybridized carbons (Fsp3) is 0.136. The number of sulfonamides is 1. The van der Waals surface area contributed by atoms with Crippen LogP contribution in [-0.2, 0) is 21.4 Å². The molecule has 0 radical (unpaired) electrons. The van der Waals surface area contributed by atoms with Crippen LogP contribution in [0.25, 0.3) is 0 Å². The molecule has 0 aliphatic heterocycles. The van der Waals surface area contributed by atoms with Crippen LogP contribution < -0.4 is 5.32 Å². The van der Waals surface area contributed by atoms with Gasteiger partial charge in [-0.05, 0) is 48.9 Å². The maximum atomic E-state index is 13.3. The number of halogens is 3. The summed E-state index contributed by atoms with van der Waals surface area (Å²) >= 11 is 18.1. The topological polar surface area (TPSA) is 66.5 Å². The molecular weight excluding hydrogens is 479 g/mol. The third-order valence-electron chi connectivity index (χ3n) is 4.48. The molecule has 1 amide bonds. The molecule has 162 valence electrons. The Morgan fingerprint density at radius 1 is 0.903 bits per heavy atom. The zero-order chi connectivity index (χ0) is 22.6. The van der Waals surface area contributed by atoms with E-state index in [0.717, 1.165) is 15.4 Å². The highest BCUT2D eigenvalue weighted by Crippen LogP contribution is 2.30. The maximum absolute atomic E-state index is 13.3. The highest BCUT2D eigenvalue weighted by molar-refractivity contribution is 7.89. The number of anilines is 1. The van der Waals surface area contributed by atoms with E-state index < -0.39 is 22.5 Å². The molecule has 0 saturated carbocycles. The molecule has 0 atom stereocenters. The third-order valence-corrected chi connectivity index (χ3v) is 7.17. The van der Waals surface area contributed by atoms with Crippen molar-refractivity contribution in [2.75, 3.05) is 11.9 Å². The number of para-hydroxylation sites is 1. The number of carbonyl (C=O) groups is 1. The van der Waals surface area contributed by atoms with Crippen molar-refractivity contribution in [3.63, 3.8) is 0 Å². The van der Waals surface area contributed by atoms with Crippen LogP contribution in [0.4, 0.5) is 5.69 Å². The summed E-state index contributed by atoms with van der Waals surface area (Å²) in [4.78, 5) is 12.8. The molecule has 3 rings (SSSR count). The summed E-state index contributed by atoms with van der Waals surface area (Å²) in [5.41, 5.74) is 2.02. The normalized spacial score (nSPS) is 11.5. The summed E-state index contributed by atoms with van der Waals surface area (Å²) in [7, 11) is -3.99. The van der Waals surface area contributed by atoms with E-state index in [-0.39, 0.29) is 27.2 Å². The monoisotopic (exact) mass is 496 g/mol. The summed E-state index contributed by atoms with van der Waals surface area (Å²) in [5.74, 6) is -0.570. The van der Waals surface area contributed by atoms with Gasteiger partial charge < -0.3 is 5.32 Å².